The van der Waals surface area contributed by atoms with Gasteiger partial charge in [-0.1, -0.05) is 30.3 Å². The molecule has 0 aromatic heterocycles. The van der Waals surface area contributed by atoms with Gasteiger partial charge in [0.25, 0.3) is 0 Å². The second-order valence-corrected chi connectivity index (χ2v) is 6.65. The molecule has 1 rings (SSSR count). The van der Waals surface area contributed by atoms with Gasteiger partial charge in [-0.15, -0.1) is 0 Å². The zero-order chi connectivity index (χ0) is 19.4. The summed E-state index contributed by atoms with van der Waals surface area (Å²) in [5.74, 6) is -0.503. The summed E-state index contributed by atoms with van der Waals surface area (Å²) >= 11 is 0. The van der Waals surface area contributed by atoms with Crippen LogP contribution in [0.5, 0.6) is 0 Å². The Labute approximate surface area is 155 Å². The molecule has 1 aromatic rings. The lowest BCUT2D eigenvalue weighted by Crippen LogP contribution is -2.42. The van der Waals surface area contributed by atoms with Crippen molar-refractivity contribution in [2.45, 2.75) is 33.0 Å². The average Bonchev–Trinajstić information content (AvgIpc) is 2.58. The minimum atomic E-state index is -0.653. The van der Waals surface area contributed by atoms with Crippen LogP contribution in [-0.2, 0) is 30.3 Å². The third kappa shape index (κ3) is 10.0. The summed E-state index contributed by atoms with van der Waals surface area (Å²) in [6, 6.07) is 9.35. The zero-order valence-corrected chi connectivity index (χ0v) is 16.0. The molecule has 0 heterocycles. The normalized spacial score (nSPS) is 11.1. The highest BCUT2D eigenvalue weighted by Gasteiger charge is 2.24. The molecule has 1 aromatic carbocycles. The maximum absolute atomic E-state index is 12.3. The van der Waals surface area contributed by atoms with E-state index in [0.29, 0.717) is 13.2 Å². The van der Waals surface area contributed by atoms with E-state index in [1.807, 2.05) is 30.3 Å². The molecule has 1 amide bonds. The minimum absolute atomic E-state index is 0.159. The van der Waals surface area contributed by atoms with E-state index in [-0.39, 0.29) is 26.3 Å². The molecule has 0 aliphatic heterocycles. The summed E-state index contributed by atoms with van der Waals surface area (Å²) in [5, 5.41) is 0. The van der Waals surface area contributed by atoms with Crippen molar-refractivity contribution in [2.24, 2.45) is 0 Å². The van der Waals surface area contributed by atoms with Gasteiger partial charge < -0.3 is 18.9 Å². The van der Waals surface area contributed by atoms with Crippen LogP contribution < -0.4 is 0 Å². The minimum Gasteiger partial charge on any atom is -0.459 e. The maximum Gasteiger partial charge on any atom is 0.410 e. The molecule has 7 nitrogen and oxygen atoms in total. The van der Waals surface area contributed by atoms with Crippen molar-refractivity contribution < 1.29 is 28.5 Å². The van der Waals surface area contributed by atoms with E-state index < -0.39 is 17.7 Å². The second-order valence-electron chi connectivity index (χ2n) is 6.65. The van der Waals surface area contributed by atoms with Crippen molar-refractivity contribution in [1.82, 2.24) is 4.90 Å². The summed E-state index contributed by atoms with van der Waals surface area (Å²) < 4.78 is 20.8. The first kappa shape index (κ1) is 21.9. The van der Waals surface area contributed by atoms with Crippen LogP contribution in [-0.4, -0.2) is 62.6 Å². The van der Waals surface area contributed by atoms with E-state index in [0.717, 1.165) is 5.56 Å². The maximum atomic E-state index is 12.3. The monoisotopic (exact) mass is 367 g/mol. The van der Waals surface area contributed by atoms with Crippen molar-refractivity contribution in [1.29, 1.82) is 0 Å². The van der Waals surface area contributed by atoms with Crippen molar-refractivity contribution in [2.75, 3.05) is 40.0 Å². The Balaban J connectivity index is 2.53. The second kappa shape index (κ2) is 11.5. The molecule has 7 heteroatoms. The lowest BCUT2D eigenvalue weighted by molar-refractivity contribution is -0.146. The number of methoxy groups -OCH3 is 1. The van der Waals surface area contributed by atoms with E-state index in [4.69, 9.17) is 18.9 Å². The van der Waals surface area contributed by atoms with E-state index in [2.05, 4.69) is 0 Å². The first-order valence-electron chi connectivity index (χ1n) is 8.56. The number of benzene rings is 1. The number of hydrogen-bond donors (Lipinski definition) is 0. The number of carbonyl (C=O) groups excluding carboxylic acids is 2. The number of esters is 1. The van der Waals surface area contributed by atoms with Gasteiger partial charge in [-0.25, -0.2) is 4.79 Å². The summed E-state index contributed by atoms with van der Waals surface area (Å²) in [5.41, 5.74) is 0.229. The Bertz CT molecular complexity index is 541. The average molecular weight is 367 g/mol. The molecule has 0 unspecified atom stereocenters. The molecule has 0 aliphatic rings. The van der Waals surface area contributed by atoms with Gasteiger partial charge in [-0.3, -0.25) is 9.69 Å². The smallest absolute Gasteiger partial charge is 0.410 e. The van der Waals surface area contributed by atoms with Crippen LogP contribution in [0.2, 0.25) is 0 Å². The van der Waals surface area contributed by atoms with Crippen LogP contribution in [0.4, 0.5) is 4.79 Å². The molecule has 0 saturated heterocycles. The van der Waals surface area contributed by atoms with Crippen LogP contribution in [0.15, 0.2) is 30.3 Å². The highest BCUT2D eigenvalue weighted by Crippen LogP contribution is 2.10. The van der Waals surface area contributed by atoms with Gasteiger partial charge in [0.15, 0.2) is 0 Å². The van der Waals surface area contributed by atoms with E-state index in [1.54, 1.807) is 27.9 Å². The van der Waals surface area contributed by atoms with Crippen LogP contribution in [0.3, 0.4) is 0 Å². The number of amides is 1. The van der Waals surface area contributed by atoms with Gasteiger partial charge >= 0.3 is 12.1 Å². The molecule has 0 fully saturated rings. The largest absolute Gasteiger partial charge is 0.459 e. The van der Waals surface area contributed by atoms with Gasteiger partial charge in [0, 0.05) is 13.7 Å². The fraction of sp³-hybridized carbons (Fsp3) is 0.579. The van der Waals surface area contributed by atoms with Crippen molar-refractivity contribution in [3.63, 3.8) is 0 Å². The topological polar surface area (TPSA) is 74.3 Å². The van der Waals surface area contributed by atoms with Crippen LogP contribution >= 0.6 is 0 Å². The van der Waals surface area contributed by atoms with Gasteiger partial charge in [0.05, 0.1) is 19.8 Å². The summed E-state index contributed by atoms with van der Waals surface area (Å²) in [4.78, 5) is 25.7. The van der Waals surface area contributed by atoms with Crippen LogP contribution in [0.25, 0.3) is 0 Å². The fourth-order valence-corrected chi connectivity index (χ4v) is 1.92. The molecule has 0 saturated carbocycles. The van der Waals surface area contributed by atoms with Gasteiger partial charge in [-0.2, -0.15) is 0 Å². The number of nitrogens with zero attached hydrogens (tertiary/aromatic N) is 1. The number of hydrogen-bond acceptors (Lipinski definition) is 6. The third-order valence-corrected chi connectivity index (χ3v) is 3.15. The summed E-state index contributed by atoms with van der Waals surface area (Å²) in [6.07, 6.45) is -0.579. The summed E-state index contributed by atoms with van der Waals surface area (Å²) in [6.45, 7) is 6.64. The summed E-state index contributed by atoms with van der Waals surface area (Å²) in [7, 11) is 1.58. The van der Waals surface area contributed by atoms with Crippen LogP contribution in [0, 0.1) is 0 Å². The van der Waals surface area contributed by atoms with E-state index >= 15 is 0 Å². The third-order valence-electron chi connectivity index (χ3n) is 3.15. The molecule has 0 spiro atoms. The first-order chi connectivity index (χ1) is 12.3. The molecule has 0 radical (unpaired) electrons. The predicted octanol–water partition coefficient (Wildman–Crippen LogP) is 2.63. The van der Waals surface area contributed by atoms with Gasteiger partial charge in [0.1, 0.15) is 18.8 Å². The van der Waals surface area contributed by atoms with Crippen molar-refractivity contribution >= 4 is 12.1 Å². The Morgan fingerprint density at radius 3 is 2.35 bits per heavy atom. The molecule has 0 bridgehead atoms. The molecule has 0 N–H and O–H groups in total. The molecule has 26 heavy (non-hydrogen) atoms. The Kier molecular flexibility index (Phi) is 9.69. The van der Waals surface area contributed by atoms with Gasteiger partial charge in [-0.05, 0) is 26.3 Å². The lowest BCUT2D eigenvalue weighted by Gasteiger charge is -2.26. The Morgan fingerprint density at radius 2 is 1.73 bits per heavy atom. The number of rotatable bonds is 10. The Hall–Kier alpha value is -2.12. The van der Waals surface area contributed by atoms with E-state index in [1.165, 1.54) is 4.90 Å². The molecule has 0 aliphatic carbocycles. The predicted molar refractivity (Wildman–Crippen MR) is 96.7 cm³/mol. The highest BCUT2D eigenvalue weighted by atomic mass is 16.6. The van der Waals surface area contributed by atoms with Crippen LogP contribution in [0.1, 0.15) is 26.3 Å². The van der Waals surface area contributed by atoms with Gasteiger partial charge in [0.2, 0.25) is 0 Å². The molecule has 0 atom stereocenters. The SMILES string of the molecule is COCCOCCN(CC(=O)OCc1ccccc1)C(=O)OC(C)(C)C. The van der Waals surface area contributed by atoms with Crippen molar-refractivity contribution in [3.05, 3.63) is 35.9 Å². The van der Waals surface area contributed by atoms with E-state index in [9.17, 15) is 9.59 Å². The quantitative estimate of drug-likeness (QED) is 0.467. The fourth-order valence-electron chi connectivity index (χ4n) is 1.92. The molecular formula is C19H29NO6. The first-order valence-corrected chi connectivity index (χ1v) is 8.56. The standard InChI is InChI=1S/C19H29NO6/c1-19(2,3)26-18(22)20(10-11-24-13-12-23-4)14-17(21)25-15-16-8-6-5-7-9-16/h5-9H,10-15H2,1-4H3. The molecular weight excluding hydrogens is 338 g/mol. The number of ether oxygens (including phenoxy) is 4. The Morgan fingerprint density at radius 1 is 1.04 bits per heavy atom. The highest BCUT2D eigenvalue weighted by molar-refractivity contribution is 5.78. The zero-order valence-electron chi connectivity index (χ0n) is 16.0. The molecule has 146 valence electrons. The lowest BCUT2D eigenvalue weighted by atomic mass is 10.2. The van der Waals surface area contributed by atoms with Crippen molar-refractivity contribution in [3.8, 4) is 0 Å². The number of carbonyl (C=O) groups is 2.